The average Bonchev–Trinajstić information content (AvgIpc) is 2.74. The molecule has 2 atom stereocenters. The minimum absolute atomic E-state index is 0.0318. The van der Waals surface area contributed by atoms with Gasteiger partial charge in [0.15, 0.2) is 0 Å². The van der Waals surface area contributed by atoms with Crippen LogP contribution in [0, 0.1) is 12.8 Å². The van der Waals surface area contributed by atoms with Gasteiger partial charge < -0.3 is 10.6 Å². The molecule has 1 saturated heterocycles. The number of aryl methyl sites for hydroxylation is 2. The van der Waals surface area contributed by atoms with Gasteiger partial charge in [-0.2, -0.15) is 5.10 Å². The van der Waals surface area contributed by atoms with Gasteiger partial charge in [0.25, 0.3) is 0 Å². The minimum Gasteiger partial charge on any atom is -0.351 e. The fourth-order valence-corrected chi connectivity index (χ4v) is 2.69. The lowest BCUT2D eigenvalue weighted by Gasteiger charge is -2.28. The number of nitrogens with one attached hydrogen (secondary N) is 2. The summed E-state index contributed by atoms with van der Waals surface area (Å²) in [5.74, 6) is 0.790. The fourth-order valence-electron chi connectivity index (χ4n) is 2.69. The Morgan fingerprint density at radius 3 is 3.05 bits per heavy atom. The quantitative estimate of drug-likeness (QED) is 0.857. The molecule has 2 rings (SSSR count). The van der Waals surface area contributed by atoms with Crippen LogP contribution in [0.15, 0.2) is 6.20 Å². The van der Waals surface area contributed by atoms with E-state index in [0.717, 1.165) is 30.6 Å². The molecule has 1 fully saturated rings. The first-order chi connectivity index (χ1) is 9.10. The molecule has 0 saturated carbocycles. The summed E-state index contributed by atoms with van der Waals surface area (Å²) in [4.78, 5) is 12.2. The Kier molecular flexibility index (Phi) is 4.58. The number of rotatable bonds is 4. The van der Waals surface area contributed by atoms with Crippen molar-refractivity contribution in [3.8, 4) is 0 Å². The fraction of sp³-hybridized carbons (Fsp3) is 0.714. The molecule has 0 bridgehead atoms. The van der Waals surface area contributed by atoms with Gasteiger partial charge in [-0.3, -0.25) is 9.48 Å². The Bertz CT molecular complexity index is 441. The molecule has 1 amide bonds. The van der Waals surface area contributed by atoms with E-state index >= 15 is 0 Å². The molecule has 2 N–H and O–H groups in total. The van der Waals surface area contributed by atoms with Gasteiger partial charge in [0, 0.05) is 25.4 Å². The van der Waals surface area contributed by atoms with Crippen LogP contribution in [0.1, 0.15) is 37.4 Å². The number of amides is 1. The number of carbonyl (C=O) groups excluding carboxylic acids is 1. The summed E-state index contributed by atoms with van der Waals surface area (Å²) >= 11 is 0. The predicted octanol–water partition coefficient (Wildman–Crippen LogP) is 1.12. The third kappa shape index (κ3) is 3.56. The van der Waals surface area contributed by atoms with Crippen LogP contribution in [0.4, 0.5) is 0 Å². The van der Waals surface area contributed by atoms with Crippen LogP contribution in [0.2, 0.25) is 0 Å². The molecule has 5 nitrogen and oxygen atoms in total. The molecule has 0 radical (unpaired) electrons. The number of hydrogen-bond acceptors (Lipinski definition) is 3. The summed E-state index contributed by atoms with van der Waals surface area (Å²) in [5, 5.41) is 10.6. The highest BCUT2D eigenvalue weighted by molar-refractivity contribution is 5.81. The van der Waals surface area contributed by atoms with E-state index in [-0.39, 0.29) is 11.9 Å². The topological polar surface area (TPSA) is 59.0 Å². The predicted molar refractivity (Wildman–Crippen MR) is 74.6 cm³/mol. The van der Waals surface area contributed by atoms with E-state index in [1.807, 2.05) is 20.2 Å². The molecular formula is C14H24N4O. The maximum absolute atomic E-state index is 12.2. The number of piperidine rings is 1. The Morgan fingerprint density at radius 2 is 2.42 bits per heavy atom. The summed E-state index contributed by atoms with van der Waals surface area (Å²) in [7, 11) is 1.90. The molecule has 5 heteroatoms. The lowest BCUT2D eigenvalue weighted by molar-refractivity contribution is -0.124. The summed E-state index contributed by atoms with van der Waals surface area (Å²) in [6.07, 6.45) is 5.25. The Hall–Kier alpha value is -1.36. The number of aromatic nitrogens is 2. The van der Waals surface area contributed by atoms with Gasteiger partial charge in [-0.25, -0.2) is 0 Å². The van der Waals surface area contributed by atoms with Gasteiger partial charge >= 0.3 is 0 Å². The molecule has 1 aromatic heterocycles. The van der Waals surface area contributed by atoms with Gasteiger partial charge in [0.1, 0.15) is 0 Å². The monoisotopic (exact) mass is 264 g/mol. The van der Waals surface area contributed by atoms with Gasteiger partial charge in [0.2, 0.25) is 5.91 Å². The van der Waals surface area contributed by atoms with Crippen LogP contribution < -0.4 is 10.6 Å². The maximum Gasteiger partial charge on any atom is 0.237 e. The van der Waals surface area contributed by atoms with E-state index < -0.39 is 0 Å². The second kappa shape index (κ2) is 6.19. The smallest absolute Gasteiger partial charge is 0.237 e. The second-order valence-corrected chi connectivity index (χ2v) is 5.44. The van der Waals surface area contributed by atoms with E-state index in [4.69, 9.17) is 0 Å². The molecule has 1 aliphatic heterocycles. The summed E-state index contributed by atoms with van der Waals surface area (Å²) in [6, 6.07) is -0.0318. The van der Waals surface area contributed by atoms with Crippen LogP contribution in [0.5, 0.6) is 0 Å². The summed E-state index contributed by atoms with van der Waals surface area (Å²) in [6.45, 7) is 5.67. The Labute approximate surface area is 114 Å². The highest BCUT2D eigenvalue weighted by Crippen LogP contribution is 2.19. The van der Waals surface area contributed by atoms with Crippen LogP contribution >= 0.6 is 0 Å². The van der Waals surface area contributed by atoms with Crippen molar-refractivity contribution in [2.45, 2.75) is 45.7 Å². The molecule has 0 aliphatic carbocycles. The van der Waals surface area contributed by atoms with Crippen molar-refractivity contribution < 1.29 is 4.79 Å². The van der Waals surface area contributed by atoms with Gasteiger partial charge in [0.05, 0.1) is 11.7 Å². The lowest BCUT2D eigenvalue weighted by atomic mass is 9.90. The van der Waals surface area contributed by atoms with Gasteiger partial charge in [-0.1, -0.05) is 13.3 Å². The number of nitrogens with zero attached hydrogens (tertiary/aromatic N) is 2. The van der Waals surface area contributed by atoms with Gasteiger partial charge in [-0.05, 0) is 32.2 Å². The van der Waals surface area contributed by atoms with Gasteiger partial charge in [-0.15, -0.1) is 0 Å². The van der Waals surface area contributed by atoms with Crippen molar-refractivity contribution in [3.05, 3.63) is 17.5 Å². The third-order valence-corrected chi connectivity index (χ3v) is 3.97. The molecule has 0 spiro atoms. The Morgan fingerprint density at radius 1 is 1.63 bits per heavy atom. The standard InChI is InChI=1S/C14H24N4O/c1-4-11-5-6-15-13(7-11)14(19)16-8-12-9-18(3)17-10(12)2/h9,11,13,15H,4-8H2,1-3H3,(H,16,19). The maximum atomic E-state index is 12.2. The first kappa shape index (κ1) is 14.1. The second-order valence-electron chi connectivity index (χ2n) is 5.44. The highest BCUT2D eigenvalue weighted by Gasteiger charge is 2.25. The lowest BCUT2D eigenvalue weighted by Crippen LogP contribution is -2.48. The molecule has 1 aromatic rings. The largest absolute Gasteiger partial charge is 0.351 e. The molecular weight excluding hydrogens is 240 g/mol. The first-order valence-electron chi connectivity index (χ1n) is 7.10. The van der Waals surface area contributed by atoms with Crippen molar-refractivity contribution in [1.82, 2.24) is 20.4 Å². The summed E-state index contributed by atoms with van der Waals surface area (Å²) < 4.78 is 1.78. The van der Waals surface area contributed by atoms with Crippen LogP contribution in [-0.2, 0) is 18.4 Å². The van der Waals surface area contributed by atoms with E-state index in [2.05, 4.69) is 22.7 Å². The van der Waals surface area contributed by atoms with Crippen LogP contribution in [-0.4, -0.2) is 28.3 Å². The molecule has 2 unspecified atom stereocenters. The van der Waals surface area contributed by atoms with Crippen LogP contribution in [0.3, 0.4) is 0 Å². The Balaban J connectivity index is 1.85. The minimum atomic E-state index is -0.0318. The molecule has 0 aromatic carbocycles. The molecule has 1 aliphatic rings. The zero-order valence-corrected chi connectivity index (χ0v) is 12.1. The zero-order valence-electron chi connectivity index (χ0n) is 12.1. The third-order valence-electron chi connectivity index (χ3n) is 3.97. The molecule has 2 heterocycles. The number of carbonyl (C=O) groups is 1. The zero-order chi connectivity index (χ0) is 13.8. The van der Waals surface area contributed by atoms with E-state index in [1.54, 1.807) is 4.68 Å². The number of hydrogen-bond donors (Lipinski definition) is 2. The van der Waals surface area contributed by atoms with Crippen molar-refractivity contribution in [1.29, 1.82) is 0 Å². The SMILES string of the molecule is CCC1CCNC(C(=O)NCc2cn(C)nc2C)C1. The van der Waals surface area contributed by atoms with Crippen LogP contribution in [0.25, 0.3) is 0 Å². The molecule has 106 valence electrons. The highest BCUT2D eigenvalue weighted by atomic mass is 16.2. The van der Waals surface area contributed by atoms with Crippen molar-refractivity contribution in [2.24, 2.45) is 13.0 Å². The van der Waals surface area contributed by atoms with E-state index in [1.165, 1.54) is 6.42 Å². The van der Waals surface area contributed by atoms with E-state index in [9.17, 15) is 4.79 Å². The summed E-state index contributed by atoms with van der Waals surface area (Å²) in [5.41, 5.74) is 2.06. The van der Waals surface area contributed by atoms with Crippen molar-refractivity contribution in [3.63, 3.8) is 0 Å². The van der Waals surface area contributed by atoms with Crippen molar-refractivity contribution in [2.75, 3.05) is 6.54 Å². The molecule has 19 heavy (non-hydrogen) atoms. The normalized spacial score (nSPS) is 23.3. The average molecular weight is 264 g/mol. The van der Waals surface area contributed by atoms with Crippen molar-refractivity contribution >= 4 is 5.91 Å². The first-order valence-corrected chi connectivity index (χ1v) is 7.10. The van der Waals surface area contributed by atoms with E-state index in [0.29, 0.717) is 12.5 Å².